The highest BCUT2D eigenvalue weighted by atomic mass is 16.5. The van der Waals surface area contributed by atoms with Crippen molar-refractivity contribution in [3.8, 4) is 5.69 Å². The fraction of sp³-hybridized carbons (Fsp3) is 0.391. The van der Waals surface area contributed by atoms with Gasteiger partial charge in [-0.25, -0.2) is 4.79 Å². The van der Waals surface area contributed by atoms with Crippen molar-refractivity contribution in [2.24, 2.45) is 0 Å². The molecule has 1 N–H and O–H groups in total. The fourth-order valence-corrected chi connectivity index (χ4v) is 3.88. The number of carbonyl (C=O) groups is 4. The average Bonchev–Trinajstić information content (AvgIpc) is 3.05. The number of benzene rings is 1. The van der Waals surface area contributed by atoms with Crippen molar-refractivity contribution < 1.29 is 23.9 Å². The van der Waals surface area contributed by atoms with Crippen LogP contribution in [0.4, 0.5) is 4.79 Å². The molecule has 1 aliphatic rings. The molecule has 2 aromatic rings. The summed E-state index contributed by atoms with van der Waals surface area (Å²) in [5.74, 6) is -1.69. The Bertz CT molecular complexity index is 1080. The van der Waals surface area contributed by atoms with Crippen molar-refractivity contribution in [2.45, 2.75) is 47.1 Å². The lowest BCUT2D eigenvalue weighted by Gasteiger charge is -2.15. The highest BCUT2D eigenvalue weighted by Gasteiger charge is 2.45. The van der Waals surface area contributed by atoms with Crippen molar-refractivity contribution in [3.63, 3.8) is 0 Å². The first-order chi connectivity index (χ1) is 14.4. The zero-order valence-electron chi connectivity index (χ0n) is 18.7. The molecule has 0 spiro atoms. The summed E-state index contributed by atoms with van der Waals surface area (Å²) in [5.41, 5.74) is 4.23. The van der Waals surface area contributed by atoms with Gasteiger partial charge >= 0.3 is 12.0 Å². The molecule has 1 aromatic carbocycles. The largest absolute Gasteiger partial charge is 0.456 e. The van der Waals surface area contributed by atoms with Gasteiger partial charge in [0.25, 0.3) is 5.91 Å². The van der Waals surface area contributed by atoms with E-state index in [-0.39, 0.29) is 5.78 Å². The molecular weight excluding hydrogens is 398 g/mol. The molecule has 3 rings (SSSR count). The van der Waals surface area contributed by atoms with Crippen LogP contribution in [0.2, 0.25) is 0 Å². The summed E-state index contributed by atoms with van der Waals surface area (Å²) in [6.07, 6.45) is 0. The van der Waals surface area contributed by atoms with Crippen LogP contribution in [-0.4, -0.2) is 51.8 Å². The predicted molar refractivity (Wildman–Crippen MR) is 114 cm³/mol. The number of hydrogen-bond acceptors (Lipinski definition) is 5. The first kappa shape index (κ1) is 22.3. The Hall–Kier alpha value is -3.42. The number of aryl methyl sites for hydroxylation is 3. The van der Waals surface area contributed by atoms with Crippen LogP contribution in [-0.2, 0) is 14.3 Å². The third-order valence-electron chi connectivity index (χ3n) is 5.29. The Balaban J connectivity index is 1.70. The van der Waals surface area contributed by atoms with Crippen LogP contribution < -0.4 is 5.32 Å². The second-order valence-electron chi connectivity index (χ2n) is 8.50. The Morgan fingerprint density at radius 3 is 2.16 bits per heavy atom. The van der Waals surface area contributed by atoms with E-state index in [0.29, 0.717) is 5.56 Å². The number of urea groups is 1. The Labute approximate surface area is 181 Å². The molecule has 2 heterocycles. The molecule has 0 aliphatic carbocycles. The quantitative estimate of drug-likeness (QED) is 0.436. The van der Waals surface area contributed by atoms with E-state index in [4.69, 9.17) is 4.74 Å². The Morgan fingerprint density at radius 2 is 1.61 bits per heavy atom. The van der Waals surface area contributed by atoms with Gasteiger partial charge in [0.2, 0.25) is 5.78 Å². The number of aromatic nitrogens is 1. The molecule has 0 unspecified atom stereocenters. The number of esters is 1. The number of Topliss-reactive ketones (excluding diaryl/α,β-unsaturated/α-hetero) is 1. The van der Waals surface area contributed by atoms with Crippen LogP contribution in [0, 0.1) is 27.7 Å². The Kier molecular flexibility index (Phi) is 5.76. The highest BCUT2D eigenvalue weighted by molar-refractivity contribution is 6.08. The highest BCUT2D eigenvalue weighted by Crippen LogP contribution is 2.23. The fourth-order valence-electron chi connectivity index (χ4n) is 3.88. The van der Waals surface area contributed by atoms with E-state index in [1.54, 1.807) is 19.9 Å². The van der Waals surface area contributed by atoms with E-state index in [2.05, 4.69) is 11.4 Å². The molecule has 1 aromatic heterocycles. The number of amides is 3. The molecule has 164 valence electrons. The van der Waals surface area contributed by atoms with Gasteiger partial charge in [0.1, 0.15) is 12.1 Å². The molecule has 3 amide bonds. The van der Waals surface area contributed by atoms with E-state index < -0.39 is 36.6 Å². The summed E-state index contributed by atoms with van der Waals surface area (Å²) in [7, 11) is 0. The lowest BCUT2D eigenvalue weighted by Crippen LogP contribution is -2.41. The van der Waals surface area contributed by atoms with E-state index in [1.165, 1.54) is 0 Å². The molecule has 0 radical (unpaired) electrons. The zero-order chi connectivity index (χ0) is 23.1. The van der Waals surface area contributed by atoms with Crippen molar-refractivity contribution >= 4 is 23.7 Å². The van der Waals surface area contributed by atoms with Crippen LogP contribution in [0.25, 0.3) is 5.69 Å². The summed E-state index contributed by atoms with van der Waals surface area (Å²) < 4.78 is 7.05. The van der Waals surface area contributed by atoms with Crippen LogP contribution in [0.3, 0.4) is 0 Å². The molecule has 0 saturated carbocycles. The molecular formula is C23H27N3O5. The molecule has 31 heavy (non-hydrogen) atoms. The van der Waals surface area contributed by atoms with E-state index >= 15 is 0 Å². The zero-order valence-corrected chi connectivity index (χ0v) is 18.7. The van der Waals surface area contributed by atoms with Crippen LogP contribution in [0.5, 0.6) is 0 Å². The summed E-state index contributed by atoms with van der Waals surface area (Å²) in [5, 5.41) is 2.49. The van der Waals surface area contributed by atoms with Crippen LogP contribution in [0.1, 0.15) is 46.7 Å². The Morgan fingerprint density at radius 1 is 1.00 bits per heavy atom. The minimum atomic E-state index is -1.07. The van der Waals surface area contributed by atoms with Gasteiger partial charge in [-0.1, -0.05) is 6.07 Å². The molecule has 0 atom stereocenters. The topological polar surface area (TPSA) is 97.7 Å². The second-order valence-corrected chi connectivity index (χ2v) is 8.50. The van der Waals surface area contributed by atoms with Crippen LogP contribution >= 0.6 is 0 Å². The van der Waals surface area contributed by atoms with Crippen molar-refractivity contribution in [1.29, 1.82) is 0 Å². The molecule has 1 saturated heterocycles. The number of ether oxygens (including phenoxy) is 1. The van der Waals surface area contributed by atoms with Crippen molar-refractivity contribution in [1.82, 2.24) is 14.8 Å². The summed E-state index contributed by atoms with van der Waals surface area (Å²) >= 11 is 0. The number of ketones is 1. The second kappa shape index (κ2) is 8.02. The predicted octanol–water partition coefficient (Wildman–Crippen LogP) is 2.77. The number of nitrogens with zero attached hydrogens (tertiary/aromatic N) is 2. The van der Waals surface area contributed by atoms with E-state index in [1.807, 2.05) is 44.4 Å². The van der Waals surface area contributed by atoms with Crippen molar-refractivity contribution in [2.75, 3.05) is 13.2 Å². The third-order valence-corrected chi connectivity index (χ3v) is 5.29. The van der Waals surface area contributed by atoms with Gasteiger partial charge in [-0.3, -0.25) is 19.3 Å². The minimum Gasteiger partial charge on any atom is -0.456 e. The lowest BCUT2D eigenvalue weighted by atomic mass is 10.1. The maximum absolute atomic E-state index is 12.7. The lowest BCUT2D eigenvalue weighted by molar-refractivity contribution is -0.146. The first-order valence-electron chi connectivity index (χ1n) is 10.0. The molecule has 8 heteroatoms. The van der Waals surface area contributed by atoms with Gasteiger partial charge in [0, 0.05) is 22.6 Å². The maximum Gasteiger partial charge on any atom is 0.326 e. The number of hydrogen-bond donors (Lipinski definition) is 1. The maximum atomic E-state index is 12.7. The van der Waals surface area contributed by atoms with Gasteiger partial charge in [-0.15, -0.1) is 0 Å². The number of rotatable bonds is 6. The molecule has 1 aliphatic heterocycles. The number of carbonyl (C=O) groups excluding carboxylic acids is 4. The molecule has 0 bridgehead atoms. The average molecular weight is 425 g/mol. The first-order valence-corrected chi connectivity index (χ1v) is 10.0. The standard InChI is InChI=1S/C23H27N3O5/c1-13-7-14(2)9-17(8-13)26-15(3)10-18(16(26)4)19(27)12-31-20(28)11-25-21(29)23(5,6)24-22(25)30/h7-10H,11-12H2,1-6H3,(H,24,30). The van der Waals surface area contributed by atoms with E-state index in [0.717, 1.165) is 33.1 Å². The van der Waals surface area contributed by atoms with Gasteiger partial charge in [-0.2, -0.15) is 0 Å². The number of imide groups is 1. The van der Waals surface area contributed by atoms with Crippen LogP contribution in [0.15, 0.2) is 24.3 Å². The van der Waals surface area contributed by atoms with Crippen molar-refractivity contribution in [3.05, 3.63) is 52.3 Å². The molecule has 8 nitrogen and oxygen atoms in total. The molecule has 1 fully saturated rings. The normalized spacial score (nSPS) is 15.2. The third kappa shape index (κ3) is 4.38. The summed E-state index contributed by atoms with van der Waals surface area (Å²) in [6, 6.07) is 7.27. The summed E-state index contributed by atoms with van der Waals surface area (Å²) in [4.78, 5) is 49.7. The number of nitrogens with one attached hydrogen (secondary N) is 1. The monoisotopic (exact) mass is 425 g/mol. The minimum absolute atomic E-state index is 0.352. The SMILES string of the molecule is Cc1cc(C)cc(-n2c(C)cc(C(=O)COC(=O)CN3C(=O)NC(C)(C)C3=O)c2C)c1. The van der Waals surface area contributed by atoms with Gasteiger partial charge in [0.05, 0.1) is 0 Å². The van der Waals surface area contributed by atoms with Gasteiger partial charge in [0.15, 0.2) is 6.61 Å². The van der Waals surface area contributed by atoms with Gasteiger partial charge in [-0.05, 0) is 70.9 Å². The van der Waals surface area contributed by atoms with E-state index in [9.17, 15) is 19.2 Å². The summed E-state index contributed by atoms with van der Waals surface area (Å²) in [6.45, 7) is 9.88. The smallest absolute Gasteiger partial charge is 0.326 e. The van der Waals surface area contributed by atoms with Gasteiger partial charge < -0.3 is 14.6 Å².